The number of fused-ring (bicyclic) bond motifs is 3. The van der Waals surface area contributed by atoms with E-state index in [0.717, 1.165) is 26.3 Å². The predicted molar refractivity (Wildman–Crippen MR) is 90.7 cm³/mol. The number of rotatable bonds is 0. The zero-order chi connectivity index (χ0) is 14.4. The van der Waals surface area contributed by atoms with Gasteiger partial charge in [0.15, 0.2) is 5.43 Å². The van der Waals surface area contributed by atoms with Crippen molar-refractivity contribution >= 4 is 48.5 Å². The molecule has 0 unspecified atom stereocenters. The van der Waals surface area contributed by atoms with E-state index in [0.29, 0.717) is 10.8 Å². The van der Waals surface area contributed by atoms with Crippen LogP contribution in [0, 0.1) is 0 Å². The van der Waals surface area contributed by atoms with Crippen LogP contribution in [0.5, 0.6) is 0 Å². The van der Waals surface area contributed by atoms with Crippen molar-refractivity contribution in [3.05, 3.63) is 75.4 Å². The van der Waals surface area contributed by atoms with E-state index >= 15 is 0 Å². The maximum absolute atomic E-state index is 12.8. The van der Waals surface area contributed by atoms with Gasteiger partial charge in [0.25, 0.3) is 0 Å². The van der Waals surface area contributed by atoms with E-state index < -0.39 is 0 Å². The van der Waals surface area contributed by atoms with Crippen molar-refractivity contribution in [1.82, 2.24) is 4.98 Å². The van der Waals surface area contributed by atoms with Crippen LogP contribution in [0.15, 0.2) is 69.9 Å². The highest BCUT2D eigenvalue weighted by molar-refractivity contribution is 9.10. The number of hydrogen-bond donors (Lipinski definition) is 0. The third-order valence-corrected chi connectivity index (χ3v) is 4.17. The van der Waals surface area contributed by atoms with E-state index in [4.69, 9.17) is 0 Å². The Morgan fingerprint density at radius 3 is 2.52 bits per heavy atom. The van der Waals surface area contributed by atoms with Gasteiger partial charge >= 0.3 is 0 Å². The first kappa shape index (κ1) is 12.5. The molecule has 0 N–H and O–H groups in total. The lowest BCUT2D eigenvalue weighted by atomic mass is 10.1. The molecule has 100 valence electrons. The summed E-state index contributed by atoms with van der Waals surface area (Å²) in [6.07, 6.45) is 0. The molecule has 21 heavy (non-hydrogen) atoms. The number of pyridine rings is 1. The normalized spacial score (nSPS) is 11.3. The number of halogens is 1. The Labute approximate surface area is 129 Å². The minimum atomic E-state index is 0.0238. The Morgan fingerprint density at radius 2 is 1.62 bits per heavy atom. The Bertz CT molecular complexity index is 1070. The zero-order valence-electron chi connectivity index (χ0n) is 11.0. The molecule has 0 aliphatic carbocycles. The molecule has 0 fully saturated rings. The molecule has 0 saturated carbocycles. The van der Waals surface area contributed by atoms with Crippen LogP contribution in [0.2, 0.25) is 0 Å². The molecule has 0 amide bonds. The molecule has 0 radical (unpaired) electrons. The maximum atomic E-state index is 12.8. The van der Waals surface area contributed by atoms with Crippen molar-refractivity contribution < 1.29 is 0 Å². The number of aromatic nitrogens is 1. The molecule has 0 aliphatic heterocycles. The van der Waals surface area contributed by atoms with Crippen molar-refractivity contribution in [2.75, 3.05) is 0 Å². The third-order valence-electron chi connectivity index (χ3n) is 3.68. The fourth-order valence-electron chi connectivity index (χ4n) is 2.63. The van der Waals surface area contributed by atoms with Gasteiger partial charge in [-0.25, -0.2) is 4.98 Å². The van der Waals surface area contributed by atoms with Crippen LogP contribution in [0.1, 0.15) is 0 Å². The molecule has 3 aromatic carbocycles. The molecule has 4 rings (SSSR count). The summed E-state index contributed by atoms with van der Waals surface area (Å²) in [4.78, 5) is 17.4. The Hall–Kier alpha value is -2.26. The number of benzene rings is 2. The van der Waals surface area contributed by atoms with Crippen molar-refractivity contribution in [1.29, 1.82) is 0 Å². The number of para-hydroxylation sites is 1. The highest BCUT2D eigenvalue weighted by atomic mass is 79.9. The SMILES string of the molecule is O=c1c2ccc(Br)cc2ccc2nc3ccccc3cc12. The van der Waals surface area contributed by atoms with Gasteiger partial charge in [-0.1, -0.05) is 40.2 Å². The van der Waals surface area contributed by atoms with Gasteiger partial charge in [0.1, 0.15) is 0 Å². The summed E-state index contributed by atoms with van der Waals surface area (Å²) < 4.78 is 0.961. The summed E-state index contributed by atoms with van der Waals surface area (Å²) in [6, 6.07) is 19.4. The standard InChI is InChI=1S/C18H10BrNO/c19-13-6-7-14-11(9-13)5-8-17-15(18(14)21)10-12-3-1-2-4-16(12)20-17/h1-10H. The van der Waals surface area contributed by atoms with Gasteiger partial charge in [-0.2, -0.15) is 0 Å². The fraction of sp³-hybridized carbons (Fsp3) is 0. The molecule has 0 spiro atoms. The van der Waals surface area contributed by atoms with Crippen LogP contribution in [-0.4, -0.2) is 4.98 Å². The first-order valence-corrected chi connectivity index (χ1v) is 7.44. The van der Waals surface area contributed by atoms with Gasteiger partial charge in [-0.3, -0.25) is 4.79 Å². The van der Waals surface area contributed by atoms with E-state index in [2.05, 4.69) is 20.9 Å². The van der Waals surface area contributed by atoms with E-state index in [9.17, 15) is 4.79 Å². The van der Waals surface area contributed by atoms with Crippen molar-refractivity contribution in [2.24, 2.45) is 0 Å². The van der Waals surface area contributed by atoms with Gasteiger partial charge in [-0.05, 0) is 41.8 Å². The average molecular weight is 336 g/mol. The summed E-state index contributed by atoms with van der Waals surface area (Å²) in [5.41, 5.74) is 1.66. The largest absolute Gasteiger partial charge is 0.289 e. The minimum absolute atomic E-state index is 0.0238. The second kappa shape index (κ2) is 4.64. The molecular formula is C18H10BrNO. The van der Waals surface area contributed by atoms with Crippen LogP contribution in [0.3, 0.4) is 0 Å². The maximum Gasteiger partial charge on any atom is 0.195 e. The molecular weight excluding hydrogens is 326 g/mol. The molecule has 0 bridgehead atoms. The first-order valence-electron chi connectivity index (χ1n) is 6.64. The quantitative estimate of drug-likeness (QED) is 0.467. The van der Waals surface area contributed by atoms with Gasteiger partial charge < -0.3 is 0 Å². The summed E-state index contributed by atoms with van der Waals surface area (Å²) in [7, 11) is 0. The molecule has 1 aromatic heterocycles. The van der Waals surface area contributed by atoms with E-state index in [1.54, 1.807) is 0 Å². The van der Waals surface area contributed by atoms with Crippen molar-refractivity contribution in [2.45, 2.75) is 0 Å². The van der Waals surface area contributed by atoms with Crippen LogP contribution in [0.4, 0.5) is 0 Å². The van der Waals surface area contributed by atoms with Crippen LogP contribution < -0.4 is 5.43 Å². The average Bonchev–Trinajstić information content (AvgIpc) is 2.63. The lowest BCUT2D eigenvalue weighted by Gasteiger charge is -1.98. The molecule has 0 atom stereocenters. The van der Waals surface area contributed by atoms with Gasteiger partial charge in [0, 0.05) is 20.6 Å². The van der Waals surface area contributed by atoms with Crippen molar-refractivity contribution in [3.63, 3.8) is 0 Å². The predicted octanol–water partition coefficient (Wildman–Crippen LogP) is 4.66. The highest BCUT2D eigenvalue weighted by Gasteiger charge is 2.05. The summed E-state index contributed by atoms with van der Waals surface area (Å²) >= 11 is 3.45. The number of nitrogens with zero attached hydrogens (tertiary/aromatic N) is 1. The Morgan fingerprint density at radius 1 is 0.762 bits per heavy atom. The first-order chi connectivity index (χ1) is 10.2. The monoisotopic (exact) mass is 335 g/mol. The number of hydrogen-bond acceptors (Lipinski definition) is 2. The van der Waals surface area contributed by atoms with Crippen LogP contribution >= 0.6 is 15.9 Å². The van der Waals surface area contributed by atoms with Crippen LogP contribution in [-0.2, 0) is 0 Å². The molecule has 0 saturated heterocycles. The summed E-state index contributed by atoms with van der Waals surface area (Å²) in [5.74, 6) is 0. The van der Waals surface area contributed by atoms with E-state index in [-0.39, 0.29) is 5.43 Å². The van der Waals surface area contributed by atoms with Crippen LogP contribution in [0.25, 0.3) is 32.6 Å². The molecule has 2 nitrogen and oxygen atoms in total. The third kappa shape index (κ3) is 2.01. The minimum Gasteiger partial charge on any atom is -0.289 e. The van der Waals surface area contributed by atoms with Gasteiger partial charge in [-0.15, -0.1) is 0 Å². The Balaban J connectivity index is 2.27. The molecule has 4 aromatic rings. The topological polar surface area (TPSA) is 30.0 Å². The smallest absolute Gasteiger partial charge is 0.195 e. The molecule has 0 aliphatic rings. The summed E-state index contributed by atoms with van der Waals surface area (Å²) in [5, 5.41) is 3.27. The molecule has 3 heteroatoms. The second-order valence-electron chi connectivity index (χ2n) is 5.01. The second-order valence-corrected chi connectivity index (χ2v) is 5.92. The van der Waals surface area contributed by atoms with E-state index in [1.165, 1.54) is 0 Å². The highest BCUT2D eigenvalue weighted by Crippen LogP contribution is 2.21. The fourth-order valence-corrected chi connectivity index (χ4v) is 3.01. The lowest BCUT2D eigenvalue weighted by molar-refractivity contribution is 1.50. The Kier molecular flexibility index (Phi) is 2.76. The van der Waals surface area contributed by atoms with Gasteiger partial charge in [0.2, 0.25) is 0 Å². The van der Waals surface area contributed by atoms with Crippen molar-refractivity contribution in [3.8, 4) is 0 Å². The summed E-state index contributed by atoms with van der Waals surface area (Å²) in [6.45, 7) is 0. The lowest BCUT2D eigenvalue weighted by Crippen LogP contribution is -1.99. The zero-order valence-corrected chi connectivity index (χ0v) is 12.6. The molecule has 1 heterocycles. The van der Waals surface area contributed by atoms with E-state index in [1.807, 2.05) is 60.7 Å². The van der Waals surface area contributed by atoms with Gasteiger partial charge in [0.05, 0.1) is 11.0 Å².